The van der Waals surface area contributed by atoms with E-state index in [9.17, 15) is 0 Å². The first-order valence-corrected chi connectivity index (χ1v) is 10.6. The lowest BCUT2D eigenvalue weighted by Crippen LogP contribution is -2.20. The molecule has 0 amide bonds. The van der Waals surface area contributed by atoms with Crippen molar-refractivity contribution in [2.24, 2.45) is 7.05 Å². The zero-order chi connectivity index (χ0) is 22.9. The van der Waals surface area contributed by atoms with E-state index >= 15 is 0 Å². The number of aryl methyl sites for hydroxylation is 2. The number of nitrogens with one attached hydrogen (secondary N) is 1. The molecule has 10 heteroatoms. The molecule has 4 heterocycles. The molecule has 0 bridgehead atoms. The number of methoxy groups -OCH3 is 1. The Hall–Kier alpha value is -3.98. The topological polar surface area (TPSA) is 97.6 Å². The van der Waals surface area contributed by atoms with Crippen molar-refractivity contribution in [3.8, 4) is 17.0 Å². The Morgan fingerprint density at radius 2 is 2.00 bits per heavy atom. The highest BCUT2D eigenvalue weighted by Gasteiger charge is 2.21. The number of aromatic nitrogens is 7. The number of imidazole rings is 1. The van der Waals surface area contributed by atoms with Crippen LogP contribution in [0.5, 0.6) is 5.75 Å². The standard InChI is InChI=1S/C23H21ClN8O/c1-14-4-6-18(33-3)21(24)22(14)32(13-19-25-8-9-26-19)20-7-5-16-23(30-20)29-17(11-27-16)15-10-28-31(2)12-15/h4-12H,13H2,1-3H3,(H,25,26). The van der Waals surface area contributed by atoms with Gasteiger partial charge in [-0.2, -0.15) is 5.10 Å². The first-order chi connectivity index (χ1) is 16.0. The molecule has 0 aliphatic heterocycles. The van der Waals surface area contributed by atoms with Crippen LogP contribution in [0.3, 0.4) is 0 Å². The molecular formula is C23H21ClN8O. The summed E-state index contributed by atoms with van der Waals surface area (Å²) in [7, 11) is 3.46. The molecule has 5 aromatic rings. The van der Waals surface area contributed by atoms with Gasteiger partial charge in [-0.15, -0.1) is 0 Å². The zero-order valence-electron chi connectivity index (χ0n) is 18.3. The lowest BCUT2D eigenvalue weighted by Gasteiger charge is -2.26. The number of hydrogen-bond acceptors (Lipinski definition) is 7. The van der Waals surface area contributed by atoms with Crippen LogP contribution < -0.4 is 9.64 Å². The van der Waals surface area contributed by atoms with Gasteiger partial charge in [-0.3, -0.25) is 9.67 Å². The largest absolute Gasteiger partial charge is 0.495 e. The van der Waals surface area contributed by atoms with E-state index in [1.165, 1.54) is 0 Å². The van der Waals surface area contributed by atoms with Crippen LogP contribution in [0.15, 0.2) is 55.2 Å². The lowest BCUT2D eigenvalue weighted by atomic mass is 10.1. The van der Waals surface area contributed by atoms with Crippen LogP contribution in [0.25, 0.3) is 22.4 Å². The number of benzene rings is 1. The normalized spacial score (nSPS) is 11.2. The molecule has 9 nitrogen and oxygen atoms in total. The highest BCUT2D eigenvalue weighted by atomic mass is 35.5. The molecule has 0 saturated carbocycles. The number of nitrogens with zero attached hydrogens (tertiary/aromatic N) is 7. The average molecular weight is 461 g/mol. The SMILES string of the molecule is COc1ccc(C)c(N(Cc2ncc[nH]2)c2ccc3ncc(-c4cnn(C)c4)nc3n2)c1Cl. The number of anilines is 2. The van der Waals surface area contributed by atoms with E-state index in [1.54, 1.807) is 36.6 Å². The van der Waals surface area contributed by atoms with Gasteiger partial charge in [-0.25, -0.2) is 15.0 Å². The van der Waals surface area contributed by atoms with Gasteiger partial charge in [0.25, 0.3) is 0 Å². The minimum absolute atomic E-state index is 0.426. The van der Waals surface area contributed by atoms with Gasteiger partial charge in [0.15, 0.2) is 5.65 Å². The fraction of sp³-hybridized carbons (Fsp3) is 0.174. The van der Waals surface area contributed by atoms with Crippen LogP contribution in [0, 0.1) is 6.92 Å². The molecule has 33 heavy (non-hydrogen) atoms. The number of H-pyrrole nitrogens is 1. The Bertz CT molecular complexity index is 1430. The molecule has 5 rings (SSSR count). The predicted molar refractivity (Wildman–Crippen MR) is 127 cm³/mol. The van der Waals surface area contributed by atoms with Crippen molar-refractivity contribution < 1.29 is 4.74 Å². The summed E-state index contributed by atoms with van der Waals surface area (Å²) in [6, 6.07) is 7.62. The van der Waals surface area contributed by atoms with Gasteiger partial charge in [-0.05, 0) is 30.7 Å². The van der Waals surface area contributed by atoms with Gasteiger partial charge >= 0.3 is 0 Å². The molecule has 1 aromatic carbocycles. The van der Waals surface area contributed by atoms with E-state index in [4.69, 9.17) is 26.3 Å². The number of pyridine rings is 1. The van der Waals surface area contributed by atoms with Crippen LogP contribution in [0.2, 0.25) is 5.02 Å². The fourth-order valence-electron chi connectivity index (χ4n) is 3.67. The monoisotopic (exact) mass is 460 g/mol. The van der Waals surface area contributed by atoms with Crippen molar-refractivity contribution in [1.82, 2.24) is 34.7 Å². The summed E-state index contributed by atoms with van der Waals surface area (Å²) in [4.78, 5) is 23.7. The third-order valence-corrected chi connectivity index (χ3v) is 5.67. The third-order valence-electron chi connectivity index (χ3n) is 5.30. The maximum absolute atomic E-state index is 6.76. The fourth-order valence-corrected chi connectivity index (χ4v) is 4.06. The Labute approximate surface area is 195 Å². The smallest absolute Gasteiger partial charge is 0.180 e. The molecule has 0 fully saturated rings. The lowest BCUT2D eigenvalue weighted by molar-refractivity contribution is 0.415. The summed E-state index contributed by atoms with van der Waals surface area (Å²) in [5, 5.41) is 4.72. The highest BCUT2D eigenvalue weighted by Crippen LogP contribution is 2.41. The number of rotatable bonds is 6. The maximum atomic E-state index is 6.76. The first-order valence-electron chi connectivity index (χ1n) is 10.2. The summed E-state index contributed by atoms with van der Waals surface area (Å²) in [5.41, 5.74) is 4.56. The molecule has 1 N–H and O–H groups in total. The molecule has 166 valence electrons. The Kier molecular flexibility index (Phi) is 5.39. The Morgan fingerprint density at radius 3 is 2.73 bits per heavy atom. The van der Waals surface area contributed by atoms with Gasteiger partial charge in [0.1, 0.15) is 27.9 Å². The highest BCUT2D eigenvalue weighted by molar-refractivity contribution is 6.35. The molecule has 0 unspecified atom stereocenters. The van der Waals surface area contributed by atoms with E-state index < -0.39 is 0 Å². The van der Waals surface area contributed by atoms with Crippen molar-refractivity contribution in [3.63, 3.8) is 0 Å². The second-order valence-corrected chi connectivity index (χ2v) is 7.92. The number of halogens is 1. The number of fused-ring (bicyclic) bond motifs is 1. The van der Waals surface area contributed by atoms with Gasteiger partial charge in [0.05, 0.1) is 37.4 Å². The van der Waals surface area contributed by atoms with E-state index in [-0.39, 0.29) is 0 Å². The molecule has 0 aliphatic carbocycles. The Balaban J connectivity index is 1.65. The quantitative estimate of drug-likeness (QED) is 0.399. The van der Waals surface area contributed by atoms with Crippen LogP contribution in [-0.2, 0) is 13.6 Å². The summed E-state index contributed by atoms with van der Waals surface area (Å²) < 4.78 is 7.19. The second-order valence-electron chi connectivity index (χ2n) is 7.54. The van der Waals surface area contributed by atoms with Crippen LogP contribution >= 0.6 is 11.6 Å². The molecule has 0 radical (unpaired) electrons. The van der Waals surface area contributed by atoms with Crippen molar-refractivity contribution >= 4 is 34.3 Å². The number of hydrogen-bond donors (Lipinski definition) is 1. The number of ether oxygens (including phenoxy) is 1. The van der Waals surface area contributed by atoms with Crippen molar-refractivity contribution in [3.05, 3.63) is 71.7 Å². The molecule has 0 aliphatic rings. The first kappa shape index (κ1) is 20.9. The molecule has 4 aromatic heterocycles. The van der Waals surface area contributed by atoms with Crippen molar-refractivity contribution in [1.29, 1.82) is 0 Å². The van der Waals surface area contributed by atoms with Crippen LogP contribution in [0.4, 0.5) is 11.5 Å². The maximum Gasteiger partial charge on any atom is 0.180 e. The summed E-state index contributed by atoms with van der Waals surface area (Å²) in [5.74, 6) is 2.02. The average Bonchev–Trinajstić information content (AvgIpc) is 3.49. The third kappa shape index (κ3) is 3.98. The Morgan fingerprint density at radius 1 is 1.12 bits per heavy atom. The molecule has 0 atom stereocenters. The van der Waals surface area contributed by atoms with E-state index in [0.29, 0.717) is 40.0 Å². The van der Waals surface area contributed by atoms with Crippen molar-refractivity contribution in [2.45, 2.75) is 13.5 Å². The van der Waals surface area contributed by atoms with Gasteiger partial charge in [0.2, 0.25) is 0 Å². The van der Waals surface area contributed by atoms with Crippen molar-refractivity contribution in [2.75, 3.05) is 12.0 Å². The van der Waals surface area contributed by atoms with E-state index in [2.05, 4.69) is 20.1 Å². The zero-order valence-corrected chi connectivity index (χ0v) is 19.1. The predicted octanol–water partition coefficient (Wildman–Crippen LogP) is 4.46. The summed E-state index contributed by atoms with van der Waals surface area (Å²) in [6.07, 6.45) is 8.87. The minimum Gasteiger partial charge on any atom is -0.495 e. The molecule has 0 spiro atoms. The van der Waals surface area contributed by atoms with Crippen LogP contribution in [0.1, 0.15) is 11.4 Å². The summed E-state index contributed by atoms with van der Waals surface area (Å²) in [6.45, 7) is 2.42. The second kappa shape index (κ2) is 8.51. The summed E-state index contributed by atoms with van der Waals surface area (Å²) >= 11 is 6.76. The minimum atomic E-state index is 0.426. The number of aromatic amines is 1. The van der Waals surface area contributed by atoms with Crippen LogP contribution in [-0.4, -0.2) is 41.8 Å². The molecule has 0 saturated heterocycles. The van der Waals surface area contributed by atoms with E-state index in [1.807, 2.05) is 49.3 Å². The van der Waals surface area contributed by atoms with E-state index in [0.717, 1.165) is 22.6 Å². The molecular weight excluding hydrogens is 440 g/mol. The van der Waals surface area contributed by atoms with Gasteiger partial charge < -0.3 is 14.6 Å². The van der Waals surface area contributed by atoms with Gasteiger partial charge in [-0.1, -0.05) is 17.7 Å². The van der Waals surface area contributed by atoms with Gasteiger partial charge in [0, 0.05) is 31.2 Å².